The van der Waals surface area contributed by atoms with Gasteiger partial charge in [0, 0.05) is 43.4 Å². The van der Waals surface area contributed by atoms with Crippen molar-refractivity contribution < 1.29 is 4.79 Å². The number of carbonyl (C=O) groups excluding carboxylic acids is 1. The van der Waals surface area contributed by atoms with Crippen molar-refractivity contribution in [3.8, 4) is 0 Å². The van der Waals surface area contributed by atoms with Crippen LogP contribution >= 0.6 is 11.3 Å². The van der Waals surface area contributed by atoms with Crippen LogP contribution in [0.4, 0.5) is 5.82 Å². The quantitative estimate of drug-likeness (QED) is 0.727. The van der Waals surface area contributed by atoms with Crippen LogP contribution in [0.3, 0.4) is 0 Å². The van der Waals surface area contributed by atoms with E-state index in [0.717, 1.165) is 69.4 Å². The summed E-state index contributed by atoms with van der Waals surface area (Å²) in [6.45, 7) is 12.7. The maximum atomic E-state index is 12.5. The molecule has 0 aromatic carbocycles. The summed E-state index contributed by atoms with van der Waals surface area (Å²) in [6.07, 6.45) is 6.59. The third kappa shape index (κ3) is 3.61. The van der Waals surface area contributed by atoms with Crippen molar-refractivity contribution in [3.63, 3.8) is 0 Å². The Bertz CT molecular complexity index is 964. The van der Waals surface area contributed by atoms with Gasteiger partial charge in [-0.3, -0.25) is 4.79 Å². The van der Waals surface area contributed by atoms with Gasteiger partial charge in [-0.05, 0) is 49.0 Å². The van der Waals surface area contributed by atoms with Crippen molar-refractivity contribution in [2.75, 3.05) is 31.1 Å². The molecule has 0 bridgehead atoms. The molecule has 1 atom stereocenters. The highest BCUT2D eigenvalue weighted by Crippen LogP contribution is 2.45. The lowest BCUT2D eigenvalue weighted by Gasteiger charge is -2.36. The van der Waals surface area contributed by atoms with Crippen molar-refractivity contribution >= 4 is 33.3 Å². The number of thiophene rings is 1. The molecule has 0 radical (unpaired) electrons. The molecule has 5 nitrogen and oxygen atoms in total. The molecule has 2 aromatic heterocycles. The van der Waals surface area contributed by atoms with Gasteiger partial charge in [0.15, 0.2) is 0 Å². The Kier molecular flexibility index (Phi) is 5.04. The summed E-state index contributed by atoms with van der Waals surface area (Å²) in [7, 11) is 0. The lowest BCUT2D eigenvalue weighted by Crippen LogP contribution is -2.49. The number of fused-ring (bicyclic) bond motifs is 3. The van der Waals surface area contributed by atoms with Gasteiger partial charge < -0.3 is 9.80 Å². The summed E-state index contributed by atoms with van der Waals surface area (Å²) in [6, 6.07) is 0. The van der Waals surface area contributed by atoms with Crippen LogP contribution in [-0.4, -0.2) is 47.0 Å². The molecule has 2 aliphatic carbocycles. The fraction of sp³-hybridized carbons (Fsp3) is 0.708. The number of aromatic nitrogens is 2. The van der Waals surface area contributed by atoms with E-state index in [1.54, 1.807) is 0 Å². The highest BCUT2D eigenvalue weighted by Gasteiger charge is 2.36. The monoisotopic (exact) mass is 426 g/mol. The minimum atomic E-state index is 0.314. The summed E-state index contributed by atoms with van der Waals surface area (Å²) in [5.74, 6) is 3.49. The minimum Gasteiger partial charge on any atom is -0.352 e. The standard InChI is InChI=1S/C24H34N4OS/c1-5-19-25-21(27-10-12-28(13-11-27)23(29)15-6-7-15)20-17-9-8-16(24(2,3)4)14-18(17)30-22(20)26-19/h15-16H,5-14H2,1-4H3/t16-/m1/s1. The van der Waals surface area contributed by atoms with Crippen LogP contribution in [0, 0.1) is 17.3 Å². The van der Waals surface area contributed by atoms with Crippen LogP contribution in [0.25, 0.3) is 10.2 Å². The van der Waals surface area contributed by atoms with E-state index in [-0.39, 0.29) is 0 Å². The Morgan fingerprint density at radius 3 is 2.47 bits per heavy atom. The molecule has 0 N–H and O–H groups in total. The zero-order valence-corrected chi connectivity index (χ0v) is 19.6. The van der Waals surface area contributed by atoms with Crippen molar-refractivity contribution in [2.45, 2.75) is 66.2 Å². The first kappa shape index (κ1) is 20.2. The molecule has 2 fully saturated rings. The maximum Gasteiger partial charge on any atom is 0.225 e. The number of amides is 1. The van der Waals surface area contributed by atoms with Crippen molar-refractivity contribution in [3.05, 3.63) is 16.3 Å². The summed E-state index contributed by atoms with van der Waals surface area (Å²) in [5.41, 5.74) is 1.85. The SMILES string of the molecule is CCc1nc(N2CCN(C(=O)C3CC3)CC2)c2c3c(sc2n1)C[C@H](C(C)(C)C)CC3. The minimum absolute atomic E-state index is 0.314. The fourth-order valence-electron chi connectivity index (χ4n) is 5.05. The molecule has 0 spiro atoms. The molecule has 1 saturated carbocycles. The molecule has 0 unspecified atom stereocenters. The average Bonchev–Trinajstić information content (AvgIpc) is 3.52. The van der Waals surface area contributed by atoms with Crippen LogP contribution in [0.15, 0.2) is 0 Å². The Balaban J connectivity index is 1.46. The molecule has 1 saturated heterocycles. The van der Waals surface area contributed by atoms with E-state index < -0.39 is 0 Å². The molecule has 162 valence electrons. The Labute approximate surface area is 183 Å². The predicted octanol–water partition coefficient (Wildman–Crippen LogP) is 4.46. The smallest absolute Gasteiger partial charge is 0.225 e. The Morgan fingerprint density at radius 2 is 1.83 bits per heavy atom. The van der Waals surface area contributed by atoms with Crippen LogP contribution in [0.5, 0.6) is 0 Å². The second-order valence-corrected chi connectivity index (χ2v) is 11.5. The third-order valence-electron chi connectivity index (χ3n) is 7.29. The first-order valence-corrected chi connectivity index (χ1v) is 12.5. The van der Waals surface area contributed by atoms with Crippen LogP contribution in [0.1, 0.15) is 63.2 Å². The molecular weight excluding hydrogens is 392 g/mol. The van der Waals surface area contributed by atoms with Gasteiger partial charge in [0.1, 0.15) is 16.5 Å². The summed E-state index contributed by atoms with van der Waals surface area (Å²) in [4.78, 5) is 29.6. The summed E-state index contributed by atoms with van der Waals surface area (Å²) in [5, 5.41) is 1.31. The number of hydrogen-bond donors (Lipinski definition) is 0. The third-order valence-corrected chi connectivity index (χ3v) is 8.44. The number of nitrogens with zero attached hydrogens (tertiary/aromatic N) is 4. The second-order valence-electron chi connectivity index (χ2n) is 10.4. The van der Waals surface area contributed by atoms with E-state index >= 15 is 0 Å². The molecule has 30 heavy (non-hydrogen) atoms. The van der Waals surface area contributed by atoms with Gasteiger partial charge in [0.2, 0.25) is 5.91 Å². The zero-order valence-electron chi connectivity index (χ0n) is 18.8. The van der Waals surface area contributed by atoms with Crippen molar-refractivity contribution in [2.24, 2.45) is 17.3 Å². The van der Waals surface area contributed by atoms with Gasteiger partial charge in [-0.15, -0.1) is 11.3 Å². The number of piperazine rings is 1. The lowest BCUT2D eigenvalue weighted by atomic mass is 9.72. The van der Waals surface area contributed by atoms with Gasteiger partial charge >= 0.3 is 0 Å². The summed E-state index contributed by atoms with van der Waals surface area (Å²) < 4.78 is 0. The van der Waals surface area contributed by atoms with Gasteiger partial charge in [-0.1, -0.05) is 27.7 Å². The Hall–Kier alpha value is -1.69. The fourth-order valence-corrected chi connectivity index (χ4v) is 6.37. The van der Waals surface area contributed by atoms with Gasteiger partial charge in [-0.25, -0.2) is 9.97 Å². The molecule has 5 rings (SSSR count). The topological polar surface area (TPSA) is 49.3 Å². The van der Waals surface area contributed by atoms with Crippen molar-refractivity contribution in [1.82, 2.24) is 14.9 Å². The largest absolute Gasteiger partial charge is 0.352 e. The molecular formula is C24H34N4OS. The van der Waals surface area contributed by atoms with E-state index in [4.69, 9.17) is 9.97 Å². The van der Waals surface area contributed by atoms with Crippen LogP contribution in [0.2, 0.25) is 0 Å². The molecule has 1 amide bonds. The highest BCUT2D eigenvalue weighted by molar-refractivity contribution is 7.19. The number of hydrogen-bond acceptors (Lipinski definition) is 5. The normalized spacial score (nSPS) is 22.5. The van der Waals surface area contributed by atoms with E-state index in [1.807, 2.05) is 11.3 Å². The zero-order chi connectivity index (χ0) is 21.0. The highest BCUT2D eigenvalue weighted by atomic mass is 32.1. The number of anilines is 1. The van der Waals surface area contributed by atoms with Crippen LogP contribution < -0.4 is 4.90 Å². The Morgan fingerprint density at radius 1 is 1.10 bits per heavy atom. The first-order chi connectivity index (χ1) is 14.3. The molecule has 6 heteroatoms. The molecule has 1 aliphatic heterocycles. The van der Waals surface area contributed by atoms with E-state index in [1.165, 1.54) is 33.5 Å². The predicted molar refractivity (Wildman–Crippen MR) is 123 cm³/mol. The van der Waals surface area contributed by atoms with E-state index in [0.29, 0.717) is 17.2 Å². The second kappa shape index (κ2) is 7.47. The van der Waals surface area contributed by atoms with Gasteiger partial charge in [-0.2, -0.15) is 0 Å². The van der Waals surface area contributed by atoms with Gasteiger partial charge in [0.05, 0.1) is 5.39 Å². The number of rotatable bonds is 3. The maximum absolute atomic E-state index is 12.5. The molecule has 2 aromatic rings. The van der Waals surface area contributed by atoms with Crippen LogP contribution in [-0.2, 0) is 24.1 Å². The number of aryl methyl sites for hydroxylation is 2. The van der Waals surface area contributed by atoms with Gasteiger partial charge in [0.25, 0.3) is 0 Å². The van der Waals surface area contributed by atoms with E-state index in [2.05, 4.69) is 37.5 Å². The number of carbonyl (C=O) groups is 1. The molecule has 3 aliphatic rings. The van der Waals surface area contributed by atoms with E-state index in [9.17, 15) is 4.79 Å². The van der Waals surface area contributed by atoms with Crippen molar-refractivity contribution in [1.29, 1.82) is 0 Å². The summed E-state index contributed by atoms with van der Waals surface area (Å²) >= 11 is 1.90. The first-order valence-electron chi connectivity index (χ1n) is 11.7. The molecule has 3 heterocycles. The average molecular weight is 427 g/mol. The lowest BCUT2D eigenvalue weighted by molar-refractivity contribution is -0.132.